The summed E-state index contributed by atoms with van der Waals surface area (Å²) in [4.78, 5) is 2.31. The van der Waals surface area contributed by atoms with Crippen molar-refractivity contribution >= 4 is 5.69 Å². The SMILES string of the molecule is CC(N)c1ccc(N(C)C2CCOC2C)cc1. The fourth-order valence-electron chi connectivity index (χ4n) is 2.43. The molecule has 3 nitrogen and oxygen atoms in total. The van der Waals surface area contributed by atoms with E-state index in [1.165, 1.54) is 11.3 Å². The van der Waals surface area contributed by atoms with Crippen LogP contribution in [-0.2, 0) is 4.74 Å². The van der Waals surface area contributed by atoms with Crippen molar-refractivity contribution in [2.45, 2.75) is 38.5 Å². The van der Waals surface area contributed by atoms with Gasteiger partial charge in [-0.1, -0.05) is 12.1 Å². The predicted molar refractivity (Wildman–Crippen MR) is 71.3 cm³/mol. The van der Waals surface area contributed by atoms with Gasteiger partial charge in [-0.2, -0.15) is 0 Å². The number of hydrogen-bond acceptors (Lipinski definition) is 3. The van der Waals surface area contributed by atoms with Crippen molar-refractivity contribution in [3.63, 3.8) is 0 Å². The molecule has 3 heteroatoms. The lowest BCUT2D eigenvalue weighted by Crippen LogP contribution is -2.36. The van der Waals surface area contributed by atoms with Gasteiger partial charge >= 0.3 is 0 Å². The largest absolute Gasteiger partial charge is 0.376 e. The van der Waals surface area contributed by atoms with E-state index in [1.54, 1.807) is 0 Å². The van der Waals surface area contributed by atoms with Crippen LogP contribution in [0.15, 0.2) is 24.3 Å². The van der Waals surface area contributed by atoms with Crippen LogP contribution >= 0.6 is 0 Å². The van der Waals surface area contributed by atoms with Crippen LogP contribution in [0.25, 0.3) is 0 Å². The summed E-state index contributed by atoms with van der Waals surface area (Å²) in [5.74, 6) is 0. The summed E-state index contributed by atoms with van der Waals surface area (Å²) < 4.78 is 5.61. The lowest BCUT2D eigenvalue weighted by molar-refractivity contribution is 0.118. The van der Waals surface area contributed by atoms with E-state index < -0.39 is 0 Å². The molecule has 3 atom stereocenters. The van der Waals surface area contributed by atoms with Crippen LogP contribution in [0.3, 0.4) is 0 Å². The summed E-state index contributed by atoms with van der Waals surface area (Å²) in [6.07, 6.45) is 1.42. The molecule has 3 unspecified atom stereocenters. The first kappa shape index (κ1) is 12.4. The molecule has 0 radical (unpaired) electrons. The second-order valence-electron chi connectivity index (χ2n) is 4.92. The van der Waals surface area contributed by atoms with Crippen LogP contribution in [0.2, 0.25) is 0 Å². The number of benzene rings is 1. The highest BCUT2D eigenvalue weighted by molar-refractivity contribution is 5.48. The summed E-state index contributed by atoms with van der Waals surface area (Å²) in [6.45, 7) is 5.02. The van der Waals surface area contributed by atoms with Crippen molar-refractivity contribution in [2.75, 3.05) is 18.6 Å². The maximum Gasteiger partial charge on any atom is 0.0750 e. The van der Waals surface area contributed by atoms with Gasteiger partial charge in [0.25, 0.3) is 0 Å². The van der Waals surface area contributed by atoms with E-state index in [4.69, 9.17) is 10.5 Å². The van der Waals surface area contributed by atoms with E-state index in [-0.39, 0.29) is 6.04 Å². The first-order chi connectivity index (χ1) is 8.09. The molecule has 1 saturated heterocycles. The van der Waals surface area contributed by atoms with Crippen molar-refractivity contribution in [3.8, 4) is 0 Å². The van der Waals surface area contributed by atoms with Gasteiger partial charge in [0.2, 0.25) is 0 Å². The zero-order chi connectivity index (χ0) is 12.4. The monoisotopic (exact) mass is 234 g/mol. The Kier molecular flexibility index (Phi) is 3.69. The molecule has 1 aromatic rings. The number of rotatable bonds is 3. The normalized spacial score (nSPS) is 25.9. The van der Waals surface area contributed by atoms with Gasteiger partial charge in [0.05, 0.1) is 12.1 Å². The first-order valence-corrected chi connectivity index (χ1v) is 6.29. The fourth-order valence-corrected chi connectivity index (χ4v) is 2.43. The predicted octanol–water partition coefficient (Wildman–Crippen LogP) is 2.32. The minimum absolute atomic E-state index is 0.100. The molecule has 94 valence electrons. The van der Waals surface area contributed by atoms with Gasteiger partial charge in [-0.15, -0.1) is 0 Å². The van der Waals surface area contributed by atoms with E-state index in [1.807, 2.05) is 6.92 Å². The number of hydrogen-bond donors (Lipinski definition) is 1. The van der Waals surface area contributed by atoms with Crippen LogP contribution in [0.5, 0.6) is 0 Å². The summed E-state index contributed by atoms with van der Waals surface area (Å²) in [7, 11) is 2.14. The van der Waals surface area contributed by atoms with Crippen LogP contribution < -0.4 is 10.6 Å². The highest BCUT2D eigenvalue weighted by atomic mass is 16.5. The Morgan fingerprint density at radius 1 is 1.35 bits per heavy atom. The standard InChI is InChI=1S/C14H22N2O/c1-10(15)12-4-6-13(7-5-12)16(3)14-8-9-17-11(14)2/h4-7,10-11,14H,8-9,15H2,1-3H3. The molecule has 0 aromatic heterocycles. The third-order valence-electron chi connectivity index (χ3n) is 3.66. The maximum atomic E-state index is 5.85. The molecule has 1 aliphatic heterocycles. The van der Waals surface area contributed by atoms with Gasteiger partial charge in [-0.05, 0) is 38.0 Å². The third-order valence-corrected chi connectivity index (χ3v) is 3.66. The van der Waals surface area contributed by atoms with Gasteiger partial charge in [0.1, 0.15) is 0 Å². The van der Waals surface area contributed by atoms with Gasteiger partial charge in [-0.3, -0.25) is 0 Å². The van der Waals surface area contributed by atoms with Crippen LogP contribution in [-0.4, -0.2) is 25.8 Å². The van der Waals surface area contributed by atoms with Gasteiger partial charge < -0.3 is 15.4 Å². The molecular weight excluding hydrogens is 212 g/mol. The van der Waals surface area contributed by atoms with Crippen LogP contribution in [0, 0.1) is 0 Å². The van der Waals surface area contributed by atoms with Gasteiger partial charge in [0, 0.05) is 25.4 Å². The highest BCUT2D eigenvalue weighted by Crippen LogP contribution is 2.25. The van der Waals surface area contributed by atoms with Gasteiger partial charge in [-0.25, -0.2) is 0 Å². The zero-order valence-electron chi connectivity index (χ0n) is 10.9. The second kappa shape index (κ2) is 5.07. The first-order valence-electron chi connectivity index (χ1n) is 6.29. The lowest BCUT2D eigenvalue weighted by Gasteiger charge is -2.29. The smallest absolute Gasteiger partial charge is 0.0750 e. The number of likely N-dealkylation sites (N-methyl/N-ethyl adjacent to an activating group) is 1. The Labute approximate surface area is 104 Å². The Balaban J connectivity index is 2.11. The van der Waals surface area contributed by atoms with E-state index >= 15 is 0 Å². The molecular formula is C14H22N2O. The molecule has 0 amide bonds. The second-order valence-corrected chi connectivity index (χ2v) is 4.92. The van der Waals surface area contributed by atoms with Crippen molar-refractivity contribution in [3.05, 3.63) is 29.8 Å². The average molecular weight is 234 g/mol. The molecule has 2 rings (SSSR count). The van der Waals surface area contributed by atoms with E-state index in [0.29, 0.717) is 12.1 Å². The molecule has 17 heavy (non-hydrogen) atoms. The van der Waals surface area contributed by atoms with Crippen molar-refractivity contribution in [2.24, 2.45) is 5.73 Å². The van der Waals surface area contributed by atoms with Crippen molar-refractivity contribution < 1.29 is 4.74 Å². The lowest BCUT2D eigenvalue weighted by atomic mass is 10.1. The van der Waals surface area contributed by atoms with Crippen LogP contribution in [0.4, 0.5) is 5.69 Å². The molecule has 0 spiro atoms. The Morgan fingerprint density at radius 2 is 2.00 bits per heavy atom. The van der Waals surface area contributed by atoms with E-state index in [0.717, 1.165) is 13.0 Å². The third kappa shape index (κ3) is 2.61. The highest BCUT2D eigenvalue weighted by Gasteiger charge is 2.27. The molecule has 1 fully saturated rings. The van der Waals surface area contributed by atoms with E-state index in [9.17, 15) is 0 Å². The minimum atomic E-state index is 0.100. The Morgan fingerprint density at radius 3 is 2.47 bits per heavy atom. The van der Waals surface area contributed by atoms with E-state index in [2.05, 4.69) is 43.1 Å². The average Bonchev–Trinajstić information content (AvgIpc) is 2.74. The maximum absolute atomic E-state index is 5.85. The fraction of sp³-hybridized carbons (Fsp3) is 0.571. The molecule has 1 aliphatic rings. The molecule has 0 aliphatic carbocycles. The molecule has 1 aromatic carbocycles. The van der Waals surface area contributed by atoms with Gasteiger partial charge in [0.15, 0.2) is 0 Å². The zero-order valence-corrected chi connectivity index (χ0v) is 10.9. The minimum Gasteiger partial charge on any atom is -0.376 e. The number of anilines is 1. The molecule has 1 heterocycles. The van der Waals surface area contributed by atoms with Crippen LogP contribution in [0.1, 0.15) is 31.9 Å². The quantitative estimate of drug-likeness (QED) is 0.872. The Bertz CT molecular complexity index is 361. The summed E-state index contributed by atoms with van der Waals surface area (Å²) >= 11 is 0. The molecule has 0 saturated carbocycles. The Hall–Kier alpha value is -1.06. The summed E-state index contributed by atoms with van der Waals surface area (Å²) in [6, 6.07) is 9.08. The summed E-state index contributed by atoms with van der Waals surface area (Å²) in [5.41, 5.74) is 8.26. The number of ether oxygens (including phenoxy) is 1. The number of nitrogens with zero attached hydrogens (tertiary/aromatic N) is 1. The molecule has 0 bridgehead atoms. The topological polar surface area (TPSA) is 38.5 Å². The summed E-state index contributed by atoms with van der Waals surface area (Å²) in [5, 5.41) is 0. The molecule has 2 N–H and O–H groups in total. The number of nitrogens with two attached hydrogens (primary N) is 1. The van der Waals surface area contributed by atoms with Crippen molar-refractivity contribution in [1.29, 1.82) is 0 Å². The van der Waals surface area contributed by atoms with Crippen molar-refractivity contribution in [1.82, 2.24) is 0 Å².